The standard InChI is InChI=1S/C11H14FNO5S2/c1-9-8-13(5-6-18-9)20(16,17)11-4-2-3-10(7-11)19(12,14)15/h2-4,7,9H,5-6,8H2,1H3. The molecule has 20 heavy (non-hydrogen) atoms. The van der Waals surface area contributed by atoms with Crippen LogP contribution in [0.5, 0.6) is 0 Å². The molecule has 1 saturated heterocycles. The van der Waals surface area contributed by atoms with Gasteiger partial charge in [0.05, 0.1) is 22.5 Å². The van der Waals surface area contributed by atoms with Crippen LogP contribution in [0.15, 0.2) is 34.1 Å². The second-order valence-corrected chi connectivity index (χ2v) is 7.74. The zero-order valence-corrected chi connectivity index (χ0v) is 12.3. The van der Waals surface area contributed by atoms with E-state index in [0.29, 0.717) is 0 Å². The number of halogens is 1. The van der Waals surface area contributed by atoms with Crippen molar-refractivity contribution < 1.29 is 25.5 Å². The second-order valence-electron chi connectivity index (χ2n) is 4.46. The second kappa shape index (κ2) is 5.40. The highest BCUT2D eigenvalue weighted by Crippen LogP contribution is 2.22. The van der Waals surface area contributed by atoms with E-state index in [1.54, 1.807) is 6.92 Å². The lowest BCUT2D eigenvalue weighted by atomic mass is 10.3. The fourth-order valence-electron chi connectivity index (χ4n) is 1.94. The van der Waals surface area contributed by atoms with Crippen molar-refractivity contribution in [2.24, 2.45) is 0 Å². The molecule has 0 saturated carbocycles. The Hall–Kier alpha value is -1.03. The SMILES string of the molecule is CC1CN(S(=O)(=O)c2cccc(S(=O)(=O)F)c2)CCO1. The van der Waals surface area contributed by atoms with E-state index in [2.05, 4.69) is 0 Å². The summed E-state index contributed by atoms with van der Waals surface area (Å²) in [7, 11) is -8.79. The van der Waals surface area contributed by atoms with Crippen molar-refractivity contribution in [3.8, 4) is 0 Å². The maximum absolute atomic E-state index is 12.9. The van der Waals surface area contributed by atoms with Crippen LogP contribution < -0.4 is 0 Å². The summed E-state index contributed by atoms with van der Waals surface area (Å²) in [4.78, 5) is -0.912. The molecule has 1 aliphatic heterocycles. The summed E-state index contributed by atoms with van der Waals surface area (Å²) in [6.45, 7) is 2.36. The van der Waals surface area contributed by atoms with Gasteiger partial charge in [-0.15, -0.1) is 3.89 Å². The molecule has 9 heteroatoms. The van der Waals surface area contributed by atoms with Crippen molar-refractivity contribution in [2.45, 2.75) is 22.8 Å². The first kappa shape index (κ1) is 15.4. The first-order chi connectivity index (χ1) is 9.21. The number of hydrogen-bond acceptors (Lipinski definition) is 5. The van der Waals surface area contributed by atoms with Crippen LogP contribution in [0.25, 0.3) is 0 Å². The molecule has 0 aliphatic carbocycles. The van der Waals surface area contributed by atoms with Crippen LogP contribution in [-0.4, -0.2) is 46.9 Å². The average Bonchev–Trinajstić information content (AvgIpc) is 2.38. The third-order valence-electron chi connectivity index (χ3n) is 2.93. The number of benzene rings is 1. The summed E-state index contributed by atoms with van der Waals surface area (Å²) in [6.07, 6.45) is -0.244. The molecule has 1 heterocycles. The molecular weight excluding hydrogens is 309 g/mol. The Bertz CT molecular complexity index is 701. The van der Waals surface area contributed by atoms with Crippen molar-refractivity contribution >= 4 is 20.2 Å². The Morgan fingerprint density at radius 1 is 1.25 bits per heavy atom. The van der Waals surface area contributed by atoms with E-state index in [9.17, 15) is 20.7 Å². The molecule has 0 bridgehead atoms. The zero-order chi connectivity index (χ0) is 15.0. The summed E-state index contributed by atoms with van der Waals surface area (Å²) in [5, 5.41) is 0. The van der Waals surface area contributed by atoms with Gasteiger partial charge in [0, 0.05) is 13.1 Å². The highest BCUT2D eigenvalue weighted by atomic mass is 32.3. The smallest absolute Gasteiger partial charge is 0.332 e. The van der Waals surface area contributed by atoms with E-state index in [1.165, 1.54) is 16.4 Å². The van der Waals surface area contributed by atoms with Crippen LogP contribution in [-0.2, 0) is 25.0 Å². The van der Waals surface area contributed by atoms with Gasteiger partial charge in [0.15, 0.2) is 0 Å². The first-order valence-corrected chi connectivity index (χ1v) is 8.70. The lowest BCUT2D eigenvalue weighted by Gasteiger charge is -2.30. The molecule has 6 nitrogen and oxygen atoms in total. The van der Waals surface area contributed by atoms with E-state index in [1.807, 2.05) is 0 Å². The lowest BCUT2D eigenvalue weighted by molar-refractivity contribution is 0.0102. The Morgan fingerprint density at radius 3 is 2.50 bits per heavy atom. The molecule has 0 aromatic heterocycles. The maximum Gasteiger partial charge on any atom is 0.332 e. The van der Waals surface area contributed by atoms with Gasteiger partial charge >= 0.3 is 10.2 Å². The van der Waals surface area contributed by atoms with Crippen LogP contribution in [0.1, 0.15) is 6.92 Å². The fraction of sp³-hybridized carbons (Fsp3) is 0.455. The topological polar surface area (TPSA) is 80.8 Å². The maximum atomic E-state index is 12.9. The number of hydrogen-bond donors (Lipinski definition) is 0. The van der Waals surface area contributed by atoms with Crippen molar-refractivity contribution in [1.29, 1.82) is 0 Å². The summed E-state index contributed by atoms with van der Waals surface area (Å²) < 4.78 is 65.8. The van der Waals surface area contributed by atoms with Gasteiger partial charge in [-0.2, -0.15) is 12.7 Å². The molecule has 1 aliphatic rings. The van der Waals surface area contributed by atoms with Crippen LogP contribution in [0, 0.1) is 0 Å². The Morgan fingerprint density at radius 2 is 1.90 bits per heavy atom. The zero-order valence-electron chi connectivity index (χ0n) is 10.7. The summed E-state index contributed by atoms with van der Waals surface area (Å²) in [5.74, 6) is 0. The third kappa shape index (κ3) is 3.17. The van der Waals surface area contributed by atoms with Gasteiger partial charge < -0.3 is 4.74 Å². The van der Waals surface area contributed by atoms with Crippen LogP contribution >= 0.6 is 0 Å². The van der Waals surface area contributed by atoms with Gasteiger partial charge in [-0.05, 0) is 25.1 Å². The largest absolute Gasteiger partial charge is 0.376 e. The molecular formula is C11H14FNO5S2. The van der Waals surface area contributed by atoms with Crippen LogP contribution in [0.2, 0.25) is 0 Å². The van der Waals surface area contributed by atoms with Crippen molar-refractivity contribution in [1.82, 2.24) is 4.31 Å². The molecule has 0 radical (unpaired) electrons. The quantitative estimate of drug-likeness (QED) is 0.767. The normalized spacial score (nSPS) is 21.8. The van der Waals surface area contributed by atoms with Gasteiger partial charge in [-0.25, -0.2) is 8.42 Å². The summed E-state index contributed by atoms with van der Waals surface area (Å²) >= 11 is 0. The number of morpholine rings is 1. The van der Waals surface area contributed by atoms with Crippen LogP contribution in [0.4, 0.5) is 3.89 Å². The van der Waals surface area contributed by atoms with Gasteiger partial charge in [0.25, 0.3) is 0 Å². The van der Waals surface area contributed by atoms with Gasteiger partial charge in [0.1, 0.15) is 0 Å². The average molecular weight is 323 g/mol. The Balaban J connectivity index is 2.39. The van der Waals surface area contributed by atoms with Gasteiger partial charge in [-0.1, -0.05) is 6.07 Å². The predicted octanol–water partition coefficient (Wildman–Crippen LogP) is 0.754. The molecule has 112 valence electrons. The first-order valence-electron chi connectivity index (χ1n) is 5.88. The van der Waals surface area contributed by atoms with Crippen molar-refractivity contribution in [3.05, 3.63) is 24.3 Å². The molecule has 1 aromatic rings. The predicted molar refractivity (Wildman–Crippen MR) is 68.9 cm³/mol. The number of ether oxygens (including phenoxy) is 1. The molecule has 0 amide bonds. The highest BCUT2D eigenvalue weighted by molar-refractivity contribution is 7.89. The van der Waals surface area contributed by atoms with E-state index in [0.717, 1.165) is 12.1 Å². The van der Waals surface area contributed by atoms with E-state index in [-0.39, 0.29) is 30.7 Å². The van der Waals surface area contributed by atoms with Crippen LogP contribution in [0.3, 0.4) is 0 Å². The fourth-order valence-corrected chi connectivity index (χ4v) is 4.07. The number of sulfonamides is 1. The van der Waals surface area contributed by atoms with Gasteiger partial charge in [-0.3, -0.25) is 0 Å². The molecule has 1 fully saturated rings. The molecule has 2 rings (SSSR count). The molecule has 0 N–H and O–H groups in total. The summed E-state index contributed by atoms with van der Waals surface area (Å²) in [5.41, 5.74) is 0. The number of nitrogens with zero attached hydrogens (tertiary/aromatic N) is 1. The molecule has 0 spiro atoms. The molecule has 1 unspecified atom stereocenters. The molecule has 1 aromatic carbocycles. The van der Waals surface area contributed by atoms with E-state index in [4.69, 9.17) is 4.74 Å². The Kier molecular flexibility index (Phi) is 4.14. The van der Waals surface area contributed by atoms with Crippen molar-refractivity contribution in [3.63, 3.8) is 0 Å². The third-order valence-corrected chi connectivity index (χ3v) is 5.61. The van der Waals surface area contributed by atoms with E-state index < -0.39 is 25.1 Å². The van der Waals surface area contributed by atoms with Gasteiger partial charge in [0.2, 0.25) is 10.0 Å². The lowest BCUT2D eigenvalue weighted by Crippen LogP contribution is -2.44. The minimum absolute atomic E-state index is 0.176. The highest BCUT2D eigenvalue weighted by Gasteiger charge is 2.29. The summed E-state index contributed by atoms with van der Waals surface area (Å²) in [6, 6.07) is 4.27. The van der Waals surface area contributed by atoms with E-state index >= 15 is 0 Å². The minimum Gasteiger partial charge on any atom is -0.376 e. The Labute approximate surface area is 117 Å². The van der Waals surface area contributed by atoms with Crippen molar-refractivity contribution in [2.75, 3.05) is 19.7 Å². The monoisotopic (exact) mass is 323 g/mol. The molecule has 1 atom stereocenters. The number of rotatable bonds is 3. The minimum atomic E-state index is -4.93.